The second-order valence-corrected chi connectivity index (χ2v) is 5.61. The van der Waals surface area contributed by atoms with E-state index in [2.05, 4.69) is 10.3 Å². The first-order chi connectivity index (χ1) is 12.0. The Hall–Kier alpha value is -3.28. The van der Waals surface area contributed by atoms with E-state index in [-0.39, 0.29) is 18.1 Å². The molecule has 1 aromatic heterocycles. The summed E-state index contributed by atoms with van der Waals surface area (Å²) in [6.07, 6.45) is 0. The minimum atomic E-state index is -0.442. The molecule has 126 valence electrons. The van der Waals surface area contributed by atoms with Crippen LogP contribution in [0, 0.1) is 5.82 Å². The van der Waals surface area contributed by atoms with Gasteiger partial charge in [0.1, 0.15) is 11.5 Å². The summed E-state index contributed by atoms with van der Waals surface area (Å²) < 4.78 is 13.1. The number of para-hydroxylation sites is 1. The number of hydrogen-bond donors (Lipinski definition) is 1. The minimum absolute atomic E-state index is 0.163. The van der Waals surface area contributed by atoms with Gasteiger partial charge in [0.05, 0.1) is 12.1 Å². The number of amides is 2. The van der Waals surface area contributed by atoms with Crippen LogP contribution in [0.1, 0.15) is 10.5 Å². The predicted octanol–water partition coefficient (Wildman–Crippen LogP) is 3.08. The lowest BCUT2D eigenvalue weighted by Crippen LogP contribution is -2.35. The number of halogens is 1. The van der Waals surface area contributed by atoms with E-state index >= 15 is 0 Å². The molecule has 1 N–H and O–H groups in total. The van der Waals surface area contributed by atoms with E-state index in [1.54, 1.807) is 12.1 Å². The maximum atomic E-state index is 13.1. The van der Waals surface area contributed by atoms with Gasteiger partial charge in [-0.05, 0) is 30.3 Å². The molecule has 0 aliphatic heterocycles. The van der Waals surface area contributed by atoms with E-state index in [0.29, 0.717) is 11.2 Å². The Morgan fingerprint density at radius 2 is 1.88 bits per heavy atom. The summed E-state index contributed by atoms with van der Waals surface area (Å²) in [7, 11) is 1.52. The number of hydrogen-bond acceptors (Lipinski definition) is 3. The molecule has 0 saturated carbocycles. The second-order valence-electron chi connectivity index (χ2n) is 5.61. The molecule has 3 aromatic rings. The first-order valence-electron chi connectivity index (χ1n) is 7.69. The van der Waals surface area contributed by atoms with Gasteiger partial charge in [0.15, 0.2) is 0 Å². The molecule has 2 aromatic carbocycles. The Labute approximate surface area is 144 Å². The quantitative estimate of drug-likeness (QED) is 0.796. The van der Waals surface area contributed by atoms with Crippen LogP contribution in [0.4, 0.5) is 10.1 Å². The molecule has 0 fully saturated rings. The number of rotatable bonds is 4. The SMILES string of the molecule is CN(CC(=O)Nc1cccc(F)c1)C(=O)c1ccc2ccccc2n1. The fourth-order valence-corrected chi connectivity index (χ4v) is 2.43. The number of fused-ring (bicyclic) bond motifs is 1. The Bertz CT molecular complexity index is 943. The highest BCUT2D eigenvalue weighted by molar-refractivity contribution is 5.99. The maximum absolute atomic E-state index is 13.1. The molecule has 0 atom stereocenters. The molecule has 6 heteroatoms. The predicted molar refractivity (Wildman–Crippen MR) is 93.7 cm³/mol. The van der Waals surface area contributed by atoms with Crippen LogP contribution in [-0.4, -0.2) is 35.3 Å². The molecule has 2 amide bonds. The van der Waals surface area contributed by atoms with E-state index in [0.717, 1.165) is 5.39 Å². The van der Waals surface area contributed by atoms with Crippen molar-refractivity contribution in [1.29, 1.82) is 0 Å². The smallest absolute Gasteiger partial charge is 0.272 e. The van der Waals surface area contributed by atoms with Crippen LogP contribution in [0.5, 0.6) is 0 Å². The molecule has 0 radical (unpaired) electrons. The summed E-state index contributed by atoms with van der Waals surface area (Å²) >= 11 is 0. The van der Waals surface area contributed by atoms with E-state index in [4.69, 9.17) is 0 Å². The van der Waals surface area contributed by atoms with Crippen LogP contribution in [0.3, 0.4) is 0 Å². The van der Waals surface area contributed by atoms with Gasteiger partial charge in [-0.15, -0.1) is 0 Å². The molecule has 0 saturated heterocycles. The second kappa shape index (κ2) is 7.09. The van der Waals surface area contributed by atoms with E-state index in [1.165, 1.54) is 30.1 Å². The molecular weight excluding hydrogens is 321 g/mol. The van der Waals surface area contributed by atoms with Crippen molar-refractivity contribution in [2.75, 3.05) is 18.9 Å². The number of likely N-dealkylation sites (N-methyl/N-ethyl adjacent to an activating group) is 1. The van der Waals surface area contributed by atoms with Crippen molar-refractivity contribution in [2.24, 2.45) is 0 Å². The van der Waals surface area contributed by atoms with Gasteiger partial charge in [-0.1, -0.05) is 30.3 Å². The normalized spacial score (nSPS) is 10.5. The first kappa shape index (κ1) is 16.6. The Kier molecular flexibility index (Phi) is 4.70. The van der Waals surface area contributed by atoms with Crippen molar-refractivity contribution in [2.45, 2.75) is 0 Å². The maximum Gasteiger partial charge on any atom is 0.272 e. The molecule has 0 aliphatic carbocycles. The number of aromatic nitrogens is 1. The average molecular weight is 337 g/mol. The lowest BCUT2D eigenvalue weighted by molar-refractivity contribution is -0.116. The van der Waals surface area contributed by atoms with Gasteiger partial charge in [0.2, 0.25) is 5.91 Å². The molecular formula is C19H16FN3O2. The van der Waals surface area contributed by atoms with Crippen molar-refractivity contribution in [1.82, 2.24) is 9.88 Å². The highest BCUT2D eigenvalue weighted by atomic mass is 19.1. The van der Waals surface area contributed by atoms with Crippen LogP contribution in [-0.2, 0) is 4.79 Å². The fourth-order valence-electron chi connectivity index (χ4n) is 2.43. The highest BCUT2D eigenvalue weighted by Crippen LogP contribution is 2.13. The zero-order chi connectivity index (χ0) is 17.8. The third-order valence-electron chi connectivity index (χ3n) is 3.65. The van der Waals surface area contributed by atoms with E-state index in [1.807, 2.05) is 30.3 Å². The molecule has 5 nitrogen and oxygen atoms in total. The van der Waals surface area contributed by atoms with Crippen molar-refractivity contribution in [3.63, 3.8) is 0 Å². The van der Waals surface area contributed by atoms with Crippen molar-refractivity contribution < 1.29 is 14.0 Å². The molecule has 1 heterocycles. The van der Waals surface area contributed by atoms with Gasteiger partial charge < -0.3 is 10.2 Å². The zero-order valence-electron chi connectivity index (χ0n) is 13.6. The summed E-state index contributed by atoms with van der Waals surface area (Å²) in [5, 5.41) is 3.49. The Balaban J connectivity index is 1.67. The Morgan fingerprint density at radius 1 is 1.08 bits per heavy atom. The number of pyridine rings is 1. The van der Waals surface area contributed by atoms with Gasteiger partial charge in [-0.25, -0.2) is 9.37 Å². The minimum Gasteiger partial charge on any atom is -0.331 e. The number of carbonyl (C=O) groups is 2. The number of benzene rings is 2. The summed E-state index contributed by atoms with van der Waals surface area (Å²) in [6, 6.07) is 16.5. The number of anilines is 1. The van der Waals surface area contributed by atoms with Crippen LogP contribution in [0.25, 0.3) is 10.9 Å². The summed E-state index contributed by atoms with van der Waals surface area (Å²) in [5.41, 5.74) is 1.32. The van der Waals surface area contributed by atoms with Gasteiger partial charge >= 0.3 is 0 Å². The monoisotopic (exact) mass is 337 g/mol. The van der Waals surface area contributed by atoms with Crippen LogP contribution in [0.15, 0.2) is 60.7 Å². The fraction of sp³-hybridized carbons (Fsp3) is 0.105. The molecule has 0 aliphatic rings. The lowest BCUT2D eigenvalue weighted by Gasteiger charge is -2.16. The third kappa shape index (κ3) is 3.98. The molecule has 3 rings (SSSR count). The summed E-state index contributed by atoms with van der Waals surface area (Å²) in [6.45, 7) is -0.163. The van der Waals surface area contributed by atoms with Crippen molar-refractivity contribution in [3.8, 4) is 0 Å². The van der Waals surface area contributed by atoms with E-state index in [9.17, 15) is 14.0 Å². The van der Waals surface area contributed by atoms with Crippen molar-refractivity contribution >= 4 is 28.4 Å². The molecule has 25 heavy (non-hydrogen) atoms. The van der Waals surface area contributed by atoms with Crippen LogP contribution < -0.4 is 5.32 Å². The lowest BCUT2D eigenvalue weighted by atomic mass is 10.2. The third-order valence-corrected chi connectivity index (χ3v) is 3.65. The molecule has 0 bridgehead atoms. The number of nitrogens with zero attached hydrogens (tertiary/aromatic N) is 2. The topological polar surface area (TPSA) is 62.3 Å². The van der Waals surface area contributed by atoms with Gasteiger partial charge in [-0.2, -0.15) is 0 Å². The average Bonchev–Trinajstić information content (AvgIpc) is 2.60. The number of carbonyl (C=O) groups excluding carboxylic acids is 2. The highest BCUT2D eigenvalue weighted by Gasteiger charge is 2.16. The van der Waals surface area contributed by atoms with E-state index < -0.39 is 11.7 Å². The molecule has 0 unspecified atom stereocenters. The van der Waals surface area contributed by atoms with Gasteiger partial charge in [-0.3, -0.25) is 9.59 Å². The van der Waals surface area contributed by atoms with Gasteiger partial charge in [0, 0.05) is 18.1 Å². The summed E-state index contributed by atoms with van der Waals surface area (Å²) in [5.74, 6) is -1.22. The van der Waals surface area contributed by atoms with Crippen LogP contribution >= 0.6 is 0 Å². The Morgan fingerprint density at radius 3 is 2.68 bits per heavy atom. The summed E-state index contributed by atoms with van der Waals surface area (Å²) in [4.78, 5) is 30.1. The zero-order valence-corrected chi connectivity index (χ0v) is 13.6. The van der Waals surface area contributed by atoms with Gasteiger partial charge in [0.25, 0.3) is 5.91 Å². The first-order valence-corrected chi connectivity index (χ1v) is 7.69. The largest absolute Gasteiger partial charge is 0.331 e. The number of nitrogens with one attached hydrogen (secondary N) is 1. The standard InChI is InChI=1S/C19H16FN3O2/c1-23(12-18(24)21-15-7-4-6-14(20)11-15)19(25)17-10-9-13-5-2-3-8-16(13)22-17/h2-11H,12H2,1H3,(H,21,24). The molecule has 0 spiro atoms. The van der Waals surface area contributed by atoms with Crippen molar-refractivity contribution in [3.05, 3.63) is 72.2 Å². The van der Waals surface area contributed by atoms with Crippen LogP contribution in [0.2, 0.25) is 0 Å².